The van der Waals surface area contributed by atoms with Gasteiger partial charge in [-0.15, -0.1) is 0 Å². The van der Waals surface area contributed by atoms with E-state index in [-0.39, 0.29) is 12.6 Å². The molecule has 1 aromatic carbocycles. The third-order valence-corrected chi connectivity index (χ3v) is 3.41. The largest absolute Gasteiger partial charge is 0.490 e. The Morgan fingerprint density at radius 1 is 1.47 bits per heavy atom. The molecule has 1 aliphatic heterocycles. The summed E-state index contributed by atoms with van der Waals surface area (Å²) in [7, 11) is 1.87. The number of ether oxygens (including phenoxy) is 2. The Labute approximate surface area is 113 Å². The van der Waals surface area contributed by atoms with Crippen LogP contribution in [0.4, 0.5) is 0 Å². The average molecular weight is 267 g/mol. The lowest BCUT2D eigenvalue weighted by atomic mass is 9.98. The molecule has 0 saturated heterocycles. The van der Waals surface area contributed by atoms with Gasteiger partial charge in [0.05, 0.1) is 19.3 Å². The van der Waals surface area contributed by atoms with Gasteiger partial charge in [0.15, 0.2) is 11.5 Å². The lowest BCUT2D eigenvalue weighted by molar-refractivity contribution is 0.00820. The minimum atomic E-state index is -0.638. The summed E-state index contributed by atoms with van der Waals surface area (Å²) in [5.41, 5.74) is 0.743. The van der Waals surface area contributed by atoms with Crippen molar-refractivity contribution < 1.29 is 19.7 Å². The maximum Gasteiger partial charge on any atom is 0.167 e. The van der Waals surface area contributed by atoms with E-state index in [0.717, 1.165) is 5.56 Å². The number of rotatable bonds is 5. The van der Waals surface area contributed by atoms with Gasteiger partial charge in [-0.25, -0.2) is 0 Å². The third-order valence-electron chi connectivity index (χ3n) is 3.41. The standard InChI is InChI=1S/C14H21NO4/c1-3-18-12-6-4-5-10-13(17)11(9-19-14(10)12)15(2)7-8-16/h4-6,11,13,16-17H,3,7-9H2,1-2H3. The molecule has 1 heterocycles. The van der Waals surface area contributed by atoms with Gasteiger partial charge in [0.2, 0.25) is 0 Å². The van der Waals surface area contributed by atoms with Crippen LogP contribution in [0.2, 0.25) is 0 Å². The van der Waals surface area contributed by atoms with Crippen molar-refractivity contribution in [3.8, 4) is 11.5 Å². The van der Waals surface area contributed by atoms with Gasteiger partial charge in [0.25, 0.3) is 0 Å². The minimum Gasteiger partial charge on any atom is -0.490 e. The summed E-state index contributed by atoms with van der Waals surface area (Å²) < 4.78 is 11.3. The Hall–Kier alpha value is -1.30. The van der Waals surface area contributed by atoms with Gasteiger partial charge in [-0.05, 0) is 20.0 Å². The predicted molar refractivity (Wildman–Crippen MR) is 71.6 cm³/mol. The Bertz CT molecular complexity index is 424. The van der Waals surface area contributed by atoms with Crippen LogP contribution in [0.25, 0.3) is 0 Å². The number of benzene rings is 1. The normalized spacial score (nSPS) is 21.9. The van der Waals surface area contributed by atoms with Crippen LogP contribution in [0.5, 0.6) is 11.5 Å². The summed E-state index contributed by atoms with van der Waals surface area (Å²) in [6.45, 7) is 3.42. The molecule has 2 atom stereocenters. The highest BCUT2D eigenvalue weighted by molar-refractivity contribution is 5.49. The van der Waals surface area contributed by atoms with Crippen LogP contribution in [-0.4, -0.2) is 54.6 Å². The second kappa shape index (κ2) is 6.23. The second-order valence-electron chi connectivity index (χ2n) is 4.63. The van der Waals surface area contributed by atoms with Crippen molar-refractivity contribution in [2.75, 3.05) is 33.4 Å². The molecule has 0 amide bonds. The maximum absolute atomic E-state index is 10.5. The van der Waals surface area contributed by atoms with Crippen molar-refractivity contribution in [1.82, 2.24) is 4.90 Å². The number of nitrogens with zero attached hydrogens (tertiary/aromatic N) is 1. The fourth-order valence-electron chi connectivity index (χ4n) is 2.35. The Balaban J connectivity index is 2.24. The molecule has 1 aliphatic rings. The molecule has 5 heteroatoms. The van der Waals surface area contributed by atoms with Gasteiger partial charge >= 0.3 is 0 Å². The highest BCUT2D eigenvalue weighted by atomic mass is 16.5. The SMILES string of the molecule is CCOc1cccc2c1OCC(N(C)CCO)C2O. The summed E-state index contributed by atoms with van der Waals surface area (Å²) in [5.74, 6) is 1.30. The van der Waals surface area contributed by atoms with Crippen LogP contribution in [0.3, 0.4) is 0 Å². The van der Waals surface area contributed by atoms with Crippen molar-refractivity contribution in [2.45, 2.75) is 19.1 Å². The van der Waals surface area contributed by atoms with Crippen molar-refractivity contribution in [3.63, 3.8) is 0 Å². The van der Waals surface area contributed by atoms with Crippen LogP contribution in [0, 0.1) is 0 Å². The zero-order valence-electron chi connectivity index (χ0n) is 11.4. The van der Waals surface area contributed by atoms with Gasteiger partial charge in [-0.2, -0.15) is 0 Å². The molecule has 0 aliphatic carbocycles. The van der Waals surface area contributed by atoms with Gasteiger partial charge in [-0.3, -0.25) is 4.90 Å². The van der Waals surface area contributed by atoms with Crippen LogP contribution in [-0.2, 0) is 0 Å². The second-order valence-corrected chi connectivity index (χ2v) is 4.63. The minimum absolute atomic E-state index is 0.0611. The molecule has 5 nitrogen and oxygen atoms in total. The molecule has 0 radical (unpaired) electrons. The Kier molecular flexibility index (Phi) is 4.63. The topological polar surface area (TPSA) is 62.2 Å². The molecule has 19 heavy (non-hydrogen) atoms. The van der Waals surface area contributed by atoms with Gasteiger partial charge in [0.1, 0.15) is 12.7 Å². The Morgan fingerprint density at radius 2 is 2.26 bits per heavy atom. The molecule has 2 unspecified atom stereocenters. The van der Waals surface area contributed by atoms with E-state index in [4.69, 9.17) is 14.6 Å². The quantitative estimate of drug-likeness (QED) is 0.826. The van der Waals surface area contributed by atoms with E-state index in [1.165, 1.54) is 0 Å². The smallest absolute Gasteiger partial charge is 0.167 e. The van der Waals surface area contributed by atoms with E-state index < -0.39 is 6.10 Å². The van der Waals surface area contributed by atoms with Crippen LogP contribution in [0.15, 0.2) is 18.2 Å². The van der Waals surface area contributed by atoms with Crippen LogP contribution >= 0.6 is 0 Å². The summed E-state index contributed by atoms with van der Waals surface area (Å²) in [6, 6.07) is 5.38. The molecule has 0 aromatic heterocycles. The predicted octanol–water partition coefficient (Wildman–Crippen LogP) is 0.804. The molecule has 106 valence electrons. The third kappa shape index (κ3) is 2.83. The molecule has 2 rings (SSSR count). The number of aliphatic hydroxyl groups is 2. The monoisotopic (exact) mass is 267 g/mol. The first-order chi connectivity index (χ1) is 9.19. The van der Waals surface area contributed by atoms with E-state index in [1.807, 2.05) is 37.1 Å². The number of likely N-dealkylation sites (N-methyl/N-ethyl adjacent to an activating group) is 1. The first-order valence-electron chi connectivity index (χ1n) is 6.56. The van der Waals surface area contributed by atoms with E-state index in [0.29, 0.717) is 31.3 Å². The lowest BCUT2D eigenvalue weighted by Gasteiger charge is -2.36. The molecule has 0 saturated carbocycles. The van der Waals surface area contributed by atoms with Crippen molar-refractivity contribution in [1.29, 1.82) is 0 Å². The van der Waals surface area contributed by atoms with Crippen LogP contribution < -0.4 is 9.47 Å². The maximum atomic E-state index is 10.5. The van der Waals surface area contributed by atoms with E-state index in [9.17, 15) is 5.11 Å². The van der Waals surface area contributed by atoms with E-state index in [1.54, 1.807) is 0 Å². The fraction of sp³-hybridized carbons (Fsp3) is 0.571. The zero-order chi connectivity index (χ0) is 13.8. The first-order valence-corrected chi connectivity index (χ1v) is 6.56. The molecular weight excluding hydrogens is 246 g/mol. The average Bonchev–Trinajstić information content (AvgIpc) is 2.40. The number of hydrogen-bond acceptors (Lipinski definition) is 5. The Morgan fingerprint density at radius 3 is 2.95 bits per heavy atom. The summed E-state index contributed by atoms with van der Waals surface area (Å²) >= 11 is 0. The summed E-state index contributed by atoms with van der Waals surface area (Å²) in [4.78, 5) is 1.90. The van der Waals surface area contributed by atoms with Crippen molar-refractivity contribution in [3.05, 3.63) is 23.8 Å². The highest BCUT2D eigenvalue weighted by Gasteiger charge is 2.33. The number of aliphatic hydroxyl groups excluding tert-OH is 2. The first kappa shape index (κ1) is 14.1. The summed E-state index contributed by atoms with van der Waals surface area (Å²) in [5, 5.41) is 19.4. The summed E-state index contributed by atoms with van der Waals surface area (Å²) in [6.07, 6.45) is -0.638. The van der Waals surface area contributed by atoms with Crippen molar-refractivity contribution >= 4 is 0 Å². The molecule has 0 fully saturated rings. The fourth-order valence-corrected chi connectivity index (χ4v) is 2.35. The van der Waals surface area contributed by atoms with Crippen LogP contribution in [0.1, 0.15) is 18.6 Å². The molecule has 0 bridgehead atoms. The molecule has 1 aromatic rings. The molecule has 0 spiro atoms. The van der Waals surface area contributed by atoms with Gasteiger partial charge in [0, 0.05) is 12.1 Å². The van der Waals surface area contributed by atoms with E-state index >= 15 is 0 Å². The number of para-hydroxylation sites is 1. The van der Waals surface area contributed by atoms with E-state index in [2.05, 4.69) is 0 Å². The molecule has 2 N–H and O–H groups in total. The zero-order valence-corrected chi connectivity index (χ0v) is 11.4. The molecular formula is C14H21NO4. The van der Waals surface area contributed by atoms with Crippen molar-refractivity contribution in [2.24, 2.45) is 0 Å². The lowest BCUT2D eigenvalue weighted by Crippen LogP contribution is -2.45. The number of fused-ring (bicyclic) bond motifs is 1. The number of hydrogen-bond donors (Lipinski definition) is 2. The van der Waals surface area contributed by atoms with Gasteiger partial charge in [-0.1, -0.05) is 12.1 Å². The van der Waals surface area contributed by atoms with Gasteiger partial charge < -0.3 is 19.7 Å². The highest BCUT2D eigenvalue weighted by Crippen LogP contribution is 2.40.